The highest BCUT2D eigenvalue weighted by Crippen LogP contribution is 2.38. The van der Waals surface area contributed by atoms with Crippen LogP contribution in [0.5, 0.6) is 0 Å². The lowest BCUT2D eigenvalue weighted by atomic mass is 10.2. The van der Waals surface area contributed by atoms with Crippen molar-refractivity contribution in [2.24, 2.45) is 0 Å². The molecule has 0 aliphatic heterocycles. The summed E-state index contributed by atoms with van der Waals surface area (Å²) in [5.74, 6) is 0.0746. The minimum Gasteiger partial charge on any atom is -0.347 e. The minimum absolute atomic E-state index is 0.0221. The van der Waals surface area contributed by atoms with Crippen molar-refractivity contribution in [3.8, 4) is 0 Å². The number of nitrogens with zero attached hydrogens (tertiary/aromatic N) is 2. The second-order valence-electron chi connectivity index (χ2n) is 4.24. The van der Waals surface area contributed by atoms with E-state index in [1.54, 1.807) is 12.4 Å². The molecule has 21 heavy (non-hydrogen) atoms. The Bertz CT molecular complexity index is 613. The van der Waals surface area contributed by atoms with Gasteiger partial charge in [0, 0.05) is 24.3 Å². The molecule has 0 spiro atoms. The average molecular weight is 315 g/mol. The monoisotopic (exact) mass is 315 g/mol. The smallest absolute Gasteiger partial charge is 0.347 e. The molecule has 0 radical (unpaired) electrons. The Labute approximate surface area is 123 Å². The Kier molecular flexibility index (Phi) is 4.56. The van der Waals surface area contributed by atoms with E-state index in [1.165, 1.54) is 36.2 Å². The summed E-state index contributed by atoms with van der Waals surface area (Å²) >= 11 is -0.290. The van der Waals surface area contributed by atoms with Crippen LogP contribution in [0.3, 0.4) is 0 Å². The molecule has 1 amide bonds. The molecule has 0 aliphatic rings. The van der Waals surface area contributed by atoms with Gasteiger partial charge in [-0.2, -0.15) is 13.2 Å². The first-order chi connectivity index (χ1) is 9.87. The average Bonchev–Trinajstić information content (AvgIpc) is 2.89. The Morgan fingerprint density at radius 2 is 2.10 bits per heavy atom. The number of hydrogen-bond donors (Lipinski definition) is 1. The van der Waals surface area contributed by atoms with Crippen LogP contribution in [0.1, 0.15) is 16.2 Å². The van der Waals surface area contributed by atoms with Gasteiger partial charge < -0.3 is 9.88 Å². The molecular weight excluding hydrogens is 303 g/mol. The highest BCUT2D eigenvalue weighted by Gasteiger charge is 2.31. The van der Waals surface area contributed by atoms with Crippen LogP contribution >= 0.6 is 11.8 Å². The summed E-state index contributed by atoms with van der Waals surface area (Å²) in [4.78, 5) is 20.3. The molecule has 0 saturated carbocycles. The van der Waals surface area contributed by atoms with E-state index in [0.717, 1.165) is 0 Å². The van der Waals surface area contributed by atoms with Crippen molar-refractivity contribution >= 4 is 17.7 Å². The van der Waals surface area contributed by atoms with E-state index in [2.05, 4.69) is 9.97 Å². The van der Waals surface area contributed by atoms with Crippen LogP contribution in [-0.2, 0) is 6.54 Å². The molecular formula is C13H12F3N3OS. The summed E-state index contributed by atoms with van der Waals surface area (Å²) in [5, 5.41) is 0. The first kappa shape index (κ1) is 15.4. The van der Waals surface area contributed by atoms with Gasteiger partial charge in [-0.15, -0.1) is 0 Å². The lowest BCUT2D eigenvalue weighted by Crippen LogP contribution is -2.27. The van der Waals surface area contributed by atoms with Crippen LogP contribution in [0.4, 0.5) is 13.2 Å². The quantitative estimate of drug-likeness (QED) is 0.881. The zero-order valence-electron chi connectivity index (χ0n) is 11.0. The van der Waals surface area contributed by atoms with Crippen LogP contribution in [0.25, 0.3) is 0 Å². The second kappa shape index (κ2) is 6.21. The van der Waals surface area contributed by atoms with E-state index in [1.807, 2.05) is 0 Å². The third kappa shape index (κ3) is 4.25. The lowest BCUT2D eigenvalue weighted by molar-refractivity contribution is -0.0328. The Morgan fingerprint density at radius 1 is 1.38 bits per heavy atom. The van der Waals surface area contributed by atoms with E-state index < -0.39 is 11.4 Å². The molecule has 0 unspecified atom stereocenters. The molecule has 0 bridgehead atoms. The zero-order valence-corrected chi connectivity index (χ0v) is 11.8. The summed E-state index contributed by atoms with van der Waals surface area (Å²) in [5.41, 5.74) is -4.41. The van der Waals surface area contributed by atoms with Crippen LogP contribution in [-0.4, -0.2) is 33.3 Å². The van der Waals surface area contributed by atoms with Crippen molar-refractivity contribution in [1.82, 2.24) is 14.9 Å². The first-order valence-corrected chi connectivity index (χ1v) is 6.77. The second-order valence-corrected chi connectivity index (χ2v) is 5.35. The number of amides is 1. The van der Waals surface area contributed by atoms with Gasteiger partial charge in [0.1, 0.15) is 5.82 Å². The number of imidazole rings is 1. The first-order valence-electron chi connectivity index (χ1n) is 5.95. The fourth-order valence-corrected chi connectivity index (χ4v) is 2.40. The van der Waals surface area contributed by atoms with Crippen molar-refractivity contribution in [3.05, 3.63) is 48.0 Å². The van der Waals surface area contributed by atoms with Gasteiger partial charge in [0.2, 0.25) is 0 Å². The maximum Gasteiger partial charge on any atom is 0.446 e. The standard InChI is InChI=1S/C13H12F3N3OS/c1-19(8-11-17-6-7-18-11)12(20)9-4-2-3-5-10(9)21-13(14,15)16/h2-7H,8H2,1H3,(H,17,18). The van der Waals surface area contributed by atoms with E-state index in [-0.39, 0.29) is 28.8 Å². The highest BCUT2D eigenvalue weighted by atomic mass is 32.2. The fourth-order valence-electron chi connectivity index (χ4n) is 1.74. The molecule has 1 heterocycles. The van der Waals surface area contributed by atoms with Crippen LogP contribution in [0, 0.1) is 0 Å². The molecule has 2 rings (SSSR count). The number of H-pyrrole nitrogens is 1. The predicted molar refractivity (Wildman–Crippen MR) is 72.7 cm³/mol. The summed E-state index contributed by atoms with van der Waals surface area (Å²) in [7, 11) is 1.51. The fraction of sp³-hybridized carbons (Fsp3) is 0.231. The number of alkyl halides is 3. The largest absolute Gasteiger partial charge is 0.446 e. The molecule has 8 heteroatoms. The normalized spacial score (nSPS) is 11.4. The van der Waals surface area contributed by atoms with Gasteiger partial charge in [-0.1, -0.05) is 12.1 Å². The van der Waals surface area contributed by atoms with E-state index in [9.17, 15) is 18.0 Å². The van der Waals surface area contributed by atoms with Gasteiger partial charge in [0.05, 0.1) is 12.1 Å². The third-order valence-electron chi connectivity index (χ3n) is 2.63. The Hall–Kier alpha value is -1.96. The van der Waals surface area contributed by atoms with Crippen molar-refractivity contribution in [2.45, 2.75) is 16.9 Å². The molecule has 2 aromatic rings. The lowest BCUT2D eigenvalue weighted by Gasteiger charge is -2.18. The number of halogens is 3. The Balaban J connectivity index is 2.18. The maximum atomic E-state index is 12.5. The number of benzene rings is 1. The van der Waals surface area contributed by atoms with Crippen molar-refractivity contribution in [1.29, 1.82) is 0 Å². The number of rotatable bonds is 4. The van der Waals surface area contributed by atoms with Gasteiger partial charge in [0.25, 0.3) is 5.91 Å². The number of thioether (sulfide) groups is 1. The van der Waals surface area contributed by atoms with Crippen LogP contribution in [0.15, 0.2) is 41.6 Å². The van der Waals surface area contributed by atoms with Gasteiger partial charge >= 0.3 is 5.51 Å². The molecule has 1 aromatic heterocycles. The minimum atomic E-state index is -4.43. The summed E-state index contributed by atoms with van der Waals surface area (Å²) in [6.07, 6.45) is 3.15. The van der Waals surface area contributed by atoms with E-state index in [0.29, 0.717) is 5.82 Å². The van der Waals surface area contributed by atoms with E-state index >= 15 is 0 Å². The third-order valence-corrected chi connectivity index (χ3v) is 3.44. The SMILES string of the molecule is CN(Cc1ncc[nH]1)C(=O)c1ccccc1SC(F)(F)F. The predicted octanol–water partition coefficient (Wildman–Crippen LogP) is 3.29. The molecule has 0 saturated heterocycles. The summed E-state index contributed by atoms with van der Waals surface area (Å²) < 4.78 is 37.5. The highest BCUT2D eigenvalue weighted by molar-refractivity contribution is 8.00. The molecule has 0 atom stereocenters. The van der Waals surface area contributed by atoms with Gasteiger partial charge in [-0.3, -0.25) is 4.79 Å². The van der Waals surface area contributed by atoms with Crippen LogP contribution < -0.4 is 0 Å². The number of carbonyl (C=O) groups excluding carboxylic acids is 1. The van der Waals surface area contributed by atoms with Gasteiger partial charge in [0.15, 0.2) is 0 Å². The topological polar surface area (TPSA) is 49.0 Å². The zero-order chi connectivity index (χ0) is 15.5. The molecule has 0 aliphatic carbocycles. The summed E-state index contributed by atoms with van der Waals surface area (Å²) in [6, 6.07) is 5.67. The number of carbonyl (C=O) groups is 1. The number of hydrogen-bond acceptors (Lipinski definition) is 3. The number of aromatic amines is 1. The van der Waals surface area contributed by atoms with Gasteiger partial charge in [-0.25, -0.2) is 4.98 Å². The molecule has 0 fully saturated rings. The number of nitrogens with one attached hydrogen (secondary N) is 1. The van der Waals surface area contributed by atoms with Crippen molar-refractivity contribution < 1.29 is 18.0 Å². The maximum absolute atomic E-state index is 12.5. The molecule has 1 aromatic carbocycles. The van der Waals surface area contributed by atoms with Crippen molar-refractivity contribution in [2.75, 3.05) is 7.05 Å². The Morgan fingerprint density at radius 3 is 2.71 bits per heavy atom. The van der Waals surface area contributed by atoms with Crippen LogP contribution in [0.2, 0.25) is 0 Å². The molecule has 112 valence electrons. The van der Waals surface area contributed by atoms with Gasteiger partial charge in [-0.05, 0) is 23.9 Å². The summed E-state index contributed by atoms with van der Waals surface area (Å²) in [6.45, 7) is 0.191. The molecule has 1 N–H and O–H groups in total. The number of aromatic nitrogens is 2. The van der Waals surface area contributed by atoms with Crippen molar-refractivity contribution in [3.63, 3.8) is 0 Å². The molecule has 4 nitrogen and oxygen atoms in total. The van der Waals surface area contributed by atoms with E-state index in [4.69, 9.17) is 0 Å².